The Morgan fingerprint density at radius 2 is 1.93 bits per heavy atom. The Morgan fingerprint density at radius 1 is 1.10 bits per heavy atom. The van der Waals surface area contributed by atoms with E-state index in [1.54, 1.807) is 4.52 Å². The first kappa shape index (κ1) is 18.3. The minimum Gasteiger partial charge on any atom is -0.384 e. The van der Waals surface area contributed by atoms with Crippen LogP contribution in [0.3, 0.4) is 0 Å². The van der Waals surface area contributed by atoms with Crippen molar-refractivity contribution < 1.29 is 4.74 Å². The van der Waals surface area contributed by atoms with Crippen LogP contribution in [0, 0.1) is 5.41 Å². The van der Waals surface area contributed by atoms with E-state index in [0.717, 1.165) is 54.1 Å². The molecule has 0 bridgehead atoms. The molecule has 0 saturated carbocycles. The van der Waals surface area contributed by atoms with Gasteiger partial charge < -0.3 is 16.2 Å². The molecular weight excluding hydrogens is 380 g/mol. The summed E-state index contributed by atoms with van der Waals surface area (Å²) in [5.41, 5.74) is 17.0. The van der Waals surface area contributed by atoms with E-state index < -0.39 is 0 Å². The monoisotopic (exact) mass is 402 g/mol. The van der Waals surface area contributed by atoms with Gasteiger partial charge in [0.05, 0.1) is 17.4 Å². The van der Waals surface area contributed by atoms with Crippen LogP contribution >= 0.6 is 0 Å². The van der Waals surface area contributed by atoms with E-state index in [2.05, 4.69) is 19.9 Å². The van der Waals surface area contributed by atoms with Gasteiger partial charge in [-0.05, 0) is 31.0 Å². The average Bonchev–Trinajstić information content (AvgIpc) is 3.40. The molecule has 4 aromatic rings. The van der Waals surface area contributed by atoms with E-state index in [1.165, 1.54) is 6.33 Å². The maximum Gasteiger partial charge on any atom is 0.152 e. The fraction of sp³-hybridized carbons (Fsp3) is 0.238. The highest BCUT2D eigenvalue weighted by atomic mass is 16.5. The molecule has 9 heteroatoms. The predicted octanol–water partition coefficient (Wildman–Crippen LogP) is 2.48. The number of ether oxygens (including phenoxy) is 1. The summed E-state index contributed by atoms with van der Waals surface area (Å²) < 4.78 is 9.36. The smallest absolute Gasteiger partial charge is 0.152 e. The van der Waals surface area contributed by atoms with Crippen molar-refractivity contribution in [2.24, 2.45) is 5.73 Å². The molecular formula is C21H22N8O. The van der Waals surface area contributed by atoms with Gasteiger partial charge in [-0.3, -0.25) is 10.1 Å². The van der Waals surface area contributed by atoms with E-state index in [1.807, 2.05) is 42.6 Å². The van der Waals surface area contributed by atoms with Crippen LogP contribution in [0.25, 0.3) is 28.0 Å². The number of fused-ring (bicyclic) bond motifs is 1. The van der Waals surface area contributed by atoms with Gasteiger partial charge >= 0.3 is 0 Å². The number of benzene rings is 1. The van der Waals surface area contributed by atoms with Crippen LogP contribution < -0.4 is 11.5 Å². The van der Waals surface area contributed by atoms with Crippen molar-refractivity contribution >= 4 is 17.2 Å². The second-order valence-corrected chi connectivity index (χ2v) is 7.35. The van der Waals surface area contributed by atoms with Gasteiger partial charge in [-0.2, -0.15) is 10.2 Å². The fourth-order valence-corrected chi connectivity index (χ4v) is 4.06. The maximum atomic E-state index is 7.76. The summed E-state index contributed by atoms with van der Waals surface area (Å²) >= 11 is 0. The van der Waals surface area contributed by atoms with Crippen LogP contribution in [0.4, 0.5) is 5.82 Å². The summed E-state index contributed by atoms with van der Waals surface area (Å²) in [7, 11) is 0. The Morgan fingerprint density at radius 3 is 2.73 bits per heavy atom. The third kappa shape index (κ3) is 3.00. The van der Waals surface area contributed by atoms with Crippen LogP contribution in [0.15, 0.2) is 48.9 Å². The molecule has 1 fully saturated rings. The van der Waals surface area contributed by atoms with Crippen molar-refractivity contribution in [3.05, 3.63) is 54.5 Å². The van der Waals surface area contributed by atoms with Gasteiger partial charge in [0.25, 0.3) is 0 Å². The molecule has 1 saturated heterocycles. The Hall–Kier alpha value is -3.72. The van der Waals surface area contributed by atoms with Gasteiger partial charge in [-0.25, -0.2) is 9.50 Å². The summed E-state index contributed by atoms with van der Waals surface area (Å²) in [6.45, 7) is 1.46. The van der Waals surface area contributed by atoms with E-state index in [9.17, 15) is 0 Å². The number of nitrogens with zero attached hydrogens (tertiary/aromatic N) is 5. The number of nitrogens with two attached hydrogens (primary N) is 2. The highest BCUT2D eigenvalue weighted by molar-refractivity contribution is 5.97. The molecule has 152 valence electrons. The maximum absolute atomic E-state index is 7.76. The lowest BCUT2D eigenvalue weighted by Crippen LogP contribution is -2.21. The van der Waals surface area contributed by atoms with E-state index in [-0.39, 0.29) is 11.9 Å². The Balaban J connectivity index is 1.71. The summed E-state index contributed by atoms with van der Waals surface area (Å²) in [5, 5.41) is 16.8. The summed E-state index contributed by atoms with van der Waals surface area (Å²) in [6.07, 6.45) is 5.09. The first-order valence-electron chi connectivity index (χ1n) is 9.82. The minimum absolute atomic E-state index is 0.0182. The zero-order valence-electron chi connectivity index (χ0n) is 16.3. The summed E-state index contributed by atoms with van der Waals surface area (Å²) in [6, 6.07) is 11.8. The second-order valence-electron chi connectivity index (χ2n) is 7.35. The molecule has 1 aliphatic heterocycles. The highest BCUT2D eigenvalue weighted by Crippen LogP contribution is 2.36. The molecule has 0 unspecified atom stereocenters. The number of nitrogen functional groups attached to an aromatic ring is 2. The third-order valence-corrected chi connectivity index (χ3v) is 5.54. The van der Waals surface area contributed by atoms with Gasteiger partial charge in [-0.15, -0.1) is 0 Å². The van der Waals surface area contributed by atoms with Crippen LogP contribution in [0.1, 0.15) is 24.4 Å². The van der Waals surface area contributed by atoms with Crippen molar-refractivity contribution in [2.45, 2.75) is 18.9 Å². The van der Waals surface area contributed by atoms with Gasteiger partial charge in [0.1, 0.15) is 17.7 Å². The van der Waals surface area contributed by atoms with Gasteiger partial charge in [0.2, 0.25) is 0 Å². The first-order chi connectivity index (χ1) is 14.6. The average molecular weight is 402 g/mol. The van der Waals surface area contributed by atoms with Crippen molar-refractivity contribution in [1.29, 1.82) is 5.41 Å². The Bertz CT molecular complexity index is 1240. The summed E-state index contributed by atoms with van der Waals surface area (Å²) in [4.78, 5) is 4.21. The third-order valence-electron chi connectivity index (χ3n) is 5.54. The molecule has 4 heterocycles. The van der Waals surface area contributed by atoms with Crippen molar-refractivity contribution in [3.63, 3.8) is 0 Å². The van der Waals surface area contributed by atoms with Crippen molar-refractivity contribution in [3.8, 4) is 22.5 Å². The number of hydrogen-bond acceptors (Lipinski definition) is 6. The molecule has 0 aliphatic carbocycles. The van der Waals surface area contributed by atoms with Crippen LogP contribution in [-0.4, -0.2) is 43.4 Å². The number of hydrogen-bond donors (Lipinski definition) is 3. The Labute approximate surface area is 172 Å². The second kappa shape index (κ2) is 7.27. The number of rotatable bonds is 4. The SMILES string of the molecule is N=C(N)c1cccc(-c2cc(-c3ccnn3C3CCOCC3)c3c(N)ncnn23)c1. The normalized spacial score (nSPS) is 14.9. The van der Waals surface area contributed by atoms with Crippen molar-refractivity contribution in [1.82, 2.24) is 24.4 Å². The van der Waals surface area contributed by atoms with E-state index in [0.29, 0.717) is 11.4 Å². The molecule has 3 aromatic heterocycles. The lowest BCUT2D eigenvalue weighted by atomic mass is 10.1. The lowest BCUT2D eigenvalue weighted by molar-refractivity contribution is 0.0667. The highest BCUT2D eigenvalue weighted by Gasteiger charge is 2.23. The lowest BCUT2D eigenvalue weighted by Gasteiger charge is -2.24. The molecule has 30 heavy (non-hydrogen) atoms. The van der Waals surface area contributed by atoms with E-state index in [4.69, 9.17) is 21.6 Å². The number of aromatic nitrogens is 5. The molecule has 1 aromatic carbocycles. The number of anilines is 1. The Kier molecular flexibility index (Phi) is 4.44. The number of nitrogens with one attached hydrogen (secondary N) is 1. The quantitative estimate of drug-likeness (QED) is 0.355. The molecule has 5 N–H and O–H groups in total. The molecule has 0 radical (unpaired) electrons. The molecule has 0 atom stereocenters. The summed E-state index contributed by atoms with van der Waals surface area (Å²) in [5.74, 6) is 0.415. The van der Waals surface area contributed by atoms with E-state index >= 15 is 0 Å². The van der Waals surface area contributed by atoms with Crippen LogP contribution in [0.2, 0.25) is 0 Å². The largest absolute Gasteiger partial charge is 0.384 e. The minimum atomic E-state index is 0.0182. The van der Waals surface area contributed by atoms with Gasteiger partial charge in [0.15, 0.2) is 5.82 Å². The molecule has 0 amide bonds. The standard InChI is InChI=1S/C21H22N8O/c22-20(23)14-3-1-2-13(10-14)18-11-16(19-21(24)25-12-27-29(18)19)17-4-7-26-28(17)15-5-8-30-9-6-15/h1-4,7,10-12,15H,5-6,8-9H2,(H3,22,23)(H2,24,25,27). The molecule has 1 aliphatic rings. The predicted molar refractivity (Wildman–Crippen MR) is 114 cm³/mol. The first-order valence-corrected chi connectivity index (χ1v) is 9.82. The topological polar surface area (TPSA) is 133 Å². The molecule has 5 rings (SSSR count). The van der Waals surface area contributed by atoms with Gasteiger partial charge in [0, 0.05) is 36.1 Å². The molecule has 0 spiro atoms. The fourth-order valence-electron chi connectivity index (χ4n) is 4.06. The zero-order valence-corrected chi connectivity index (χ0v) is 16.3. The number of amidine groups is 1. The van der Waals surface area contributed by atoms with Crippen LogP contribution in [0.5, 0.6) is 0 Å². The van der Waals surface area contributed by atoms with Crippen molar-refractivity contribution in [2.75, 3.05) is 18.9 Å². The van der Waals surface area contributed by atoms with Crippen LogP contribution in [-0.2, 0) is 4.74 Å². The van der Waals surface area contributed by atoms with Gasteiger partial charge in [-0.1, -0.05) is 18.2 Å². The molecule has 9 nitrogen and oxygen atoms in total. The zero-order chi connectivity index (χ0) is 20.7.